The lowest BCUT2D eigenvalue weighted by atomic mass is 10.2. The third-order valence-corrected chi connectivity index (χ3v) is 5.94. The largest absolute Gasteiger partial charge is 0.355 e. The van der Waals surface area contributed by atoms with Crippen molar-refractivity contribution in [3.63, 3.8) is 0 Å². The van der Waals surface area contributed by atoms with E-state index >= 15 is 0 Å². The van der Waals surface area contributed by atoms with Crippen LogP contribution in [0, 0.1) is 17.0 Å². The number of nitrogens with one attached hydrogen (secondary N) is 2. The third kappa shape index (κ3) is 8.23. The number of nitro groups is 1. The fourth-order valence-electron chi connectivity index (χ4n) is 3.04. The van der Waals surface area contributed by atoms with Crippen molar-refractivity contribution < 1.29 is 27.3 Å². The summed E-state index contributed by atoms with van der Waals surface area (Å²) in [4.78, 5) is 22.3. The van der Waals surface area contributed by atoms with Gasteiger partial charge in [0, 0.05) is 41.2 Å². The summed E-state index contributed by atoms with van der Waals surface area (Å²) < 4.78 is 31.5. The smallest absolute Gasteiger partial charge is 0.294 e. The molecule has 4 aromatic rings. The molecule has 0 atom stereocenters. The molecule has 0 spiro atoms. The number of nitro benzene ring substituents is 1. The topological polar surface area (TPSA) is 143 Å². The number of aromatic nitrogens is 1. The van der Waals surface area contributed by atoms with E-state index in [4.69, 9.17) is 4.55 Å². The van der Waals surface area contributed by atoms with Crippen molar-refractivity contribution in [1.82, 2.24) is 0 Å². The highest BCUT2D eigenvalue weighted by molar-refractivity contribution is 7.85. The lowest BCUT2D eigenvalue weighted by molar-refractivity contribution is -0.671. The molecule has 0 fully saturated rings. The van der Waals surface area contributed by atoms with Gasteiger partial charge in [-0.2, -0.15) is 8.42 Å². The minimum Gasteiger partial charge on any atom is -0.355 e. The molecule has 1 aromatic heterocycles. The number of rotatable bonds is 6. The summed E-state index contributed by atoms with van der Waals surface area (Å²) in [5, 5.41) is 16.7. The maximum absolute atomic E-state index is 12.2. The van der Waals surface area contributed by atoms with Crippen LogP contribution in [0.25, 0.3) is 0 Å². The predicted molar refractivity (Wildman–Crippen MR) is 139 cm³/mol. The number of amides is 1. The van der Waals surface area contributed by atoms with E-state index in [-0.39, 0.29) is 16.5 Å². The SMILES string of the molecule is C[n+]1ccc(Nc2ccc(NC(=O)c3ccc([N+](=O)[O-])cc3)cc2)cc1.Cc1ccc(S(=O)(=O)O)cc1. The molecule has 0 saturated carbocycles. The number of hydrogen-bond acceptors (Lipinski definition) is 6. The first kappa shape index (κ1) is 27.0. The number of anilines is 3. The van der Waals surface area contributed by atoms with E-state index in [9.17, 15) is 23.3 Å². The van der Waals surface area contributed by atoms with Crippen LogP contribution >= 0.6 is 0 Å². The van der Waals surface area contributed by atoms with Crippen molar-refractivity contribution in [3.8, 4) is 0 Å². The maximum Gasteiger partial charge on any atom is 0.294 e. The van der Waals surface area contributed by atoms with Gasteiger partial charge in [0.15, 0.2) is 12.4 Å². The molecule has 0 unspecified atom stereocenters. The van der Waals surface area contributed by atoms with Crippen LogP contribution in [0.3, 0.4) is 0 Å². The van der Waals surface area contributed by atoms with Gasteiger partial charge in [-0.25, -0.2) is 4.57 Å². The fourth-order valence-corrected chi connectivity index (χ4v) is 3.52. The van der Waals surface area contributed by atoms with Crippen molar-refractivity contribution in [2.45, 2.75) is 11.8 Å². The van der Waals surface area contributed by atoms with Crippen LogP contribution < -0.4 is 15.2 Å². The predicted octanol–water partition coefficient (Wildman–Crippen LogP) is 4.66. The number of aryl methyl sites for hydroxylation is 2. The molecule has 0 aliphatic carbocycles. The summed E-state index contributed by atoms with van der Waals surface area (Å²) >= 11 is 0. The summed E-state index contributed by atoms with van der Waals surface area (Å²) in [7, 11) is -2.07. The van der Waals surface area contributed by atoms with Crippen LogP contribution in [0.1, 0.15) is 15.9 Å². The minimum absolute atomic E-state index is 0.0496. The highest BCUT2D eigenvalue weighted by Gasteiger charge is 2.10. The quantitative estimate of drug-likeness (QED) is 0.145. The Hall–Kier alpha value is -4.61. The summed E-state index contributed by atoms with van der Waals surface area (Å²) in [6.07, 6.45) is 3.89. The number of carbonyl (C=O) groups is 1. The average molecular weight is 522 g/mol. The van der Waals surface area contributed by atoms with Gasteiger partial charge in [0.2, 0.25) is 0 Å². The molecule has 37 heavy (non-hydrogen) atoms. The van der Waals surface area contributed by atoms with E-state index in [1.165, 1.54) is 36.4 Å². The normalized spacial score (nSPS) is 10.6. The number of carbonyl (C=O) groups excluding carboxylic acids is 1. The lowest BCUT2D eigenvalue weighted by Crippen LogP contribution is -2.25. The maximum atomic E-state index is 12.2. The molecule has 11 heteroatoms. The van der Waals surface area contributed by atoms with E-state index in [1.54, 1.807) is 24.3 Å². The van der Waals surface area contributed by atoms with Crippen LogP contribution in [0.2, 0.25) is 0 Å². The number of pyridine rings is 1. The van der Waals surface area contributed by atoms with E-state index in [1.807, 2.05) is 55.2 Å². The molecular formula is C26H25N4O6S+. The Bertz CT molecular complexity index is 1470. The van der Waals surface area contributed by atoms with E-state index in [2.05, 4.69) is 10.6 Å². The van der Waals surface area contributed by atoms with Crippen LogP contribution in [-0.2, 0) is 17.2 Å². The summed E-state index contributed by atoms with van der Waals surface area (Å²) in [6.45, 7) is 1.84. The van der Waals surface area contributed by atoms with Crippen LogP contribution in [0.5, 0.6) is 0 Å². The molecule has 190 valence electrons. The molecule has 3 N–H and O–H groups in total. The molecule has 1 heterocycles. The second-order valence-corrected chi connectivity index (χ2v) is 9.42. The first-order valence-corrected chi connectivity index (χ1v) is 12.4. The van der Waals surface area contributed by atoms with Gasteiger partial charge in [-0.1, -0.05) is 17.7 Å². The minimum atomic E-state index is -4.02. The van der Waals surface area contributed by atoms with E-state index in [0.29, 0.717) is 11.3 Å². The summed E-state index contributed by atoms with van der Waals surface area (Å²) in [6, 6.07) is 22.7. The summed E-state index contributed by atoms with van der Waals surface area (Å²) in [5.74, 6) is -0.323. The molecule has 0 radical (unpaired) electrons. The first-order valence-electron chi connectivity index (χ1n) is 10.9. The molecule has 0 saturated heterocycles. The zero-order valence-corrected chi connectivity index (χ0v) is 20.8. The molecule has 0 bridgehead atoms. The zero-order chi connectivity index (χ0) is 27.0. The van der Waals surface area contributed by atoms with Gasteiger partial charge >= 0.3 is 0 Å². The molecule has 0 aliphatic rings. The van der Waals surface area contributed by atoms with Gasteiger partial charge < -0.3 is 10.6 Å². The Morgan fingerprint density at radius 2 is 1.35 bits per heavy atom. The van der Waals surface area contributed by atoms with Gasteiger partial charge in [-0.05, 0) is 55.5 Å². The Labute approximate surface area is 214 Å². The Morgan fingerprint density at radius 3 is 1.86 bits per heavy atom. The Kier molecular flexibility index (Phi) is 8.67. The van der Waals surface area contributed by atoms with Gasteiger partial charge in [0.05, 0.1) is 15.5 Å². The van der Waals surface area contributed by atoms with Gasteiger partial charge in [0.25, 0.3) is 21.7 Å². The zero-order valence-electron chi connectivity index (χ0n) is 20.0. The molecule has 10 nitrogen and oxygen atoms in total. The second kappa shape index (κ2) is 11.9. The monoisotopic (exact) mass is 521 g/mol. The van der Waals surface area contributed by atoms with Gasteiger partial charge in [0.1, 0.15) is 7.05 Å². The summed E-state index contributed by atoms with van der Waals surface area (Å²) in [5.41, 5.74) is 3.76. The Balaban J connectivity index is 0.000000289. The molecule has 3 aromatic carbocycles. The van der Waals surface area contributed by atoms with Crippen molar-refractivity contribution in [2.75, 3.05) is 10.6 Å². The Morgan fingerprint density at radius 1 is 0.838 bits per heavy atom. The number of non-ortho nitro benzene ring substituents is 1. The van der Waals surface area contributed by atoms with E-state index in [0.717, 1.165) is 16.9 Å². The third-order valence-electron chi connectivity index (χ3n) is 5.07. The molecule has 1 amide bonds. The first-order chi connectivity index (χ1) is 17.5. The van der Waals surface area contributed by atoms with Crippen molar-refractivity contribution in [1.29, 1.82) is 0 Å². The second-order valence-electron chi connectivity index (χ2n) is 8.00. The molecule has 0 aliphatic heterocycles. The molecule has 4 rings (SSSR count). The van der Waals surface area contributed by atoms with Crippen molar-refractivity contribution >= 4 is 38.8 Å². The number of benzene rings is 3. The van der Waals surface area contributed by atoms with Crippen LogP contribution in [0.4, 0.5) is 22.7 Å². The van der Waals surface area contributed by atoms with Crippen molar-refractivity contribution in [3.05, 3.63) is 119 Å². The van der Waals surface area contributed by atoms with Crippen LogP contribution in [-0.4, -0.2) is 23.8 Å². The number of nitrogens with zero attached hydrogens (tertiary/aromatic N) is 2. The average Bonchev–Trinajstić information content (AvgIpc) is 2.87. The lowest BCUT2D eigenvalue weighted by Gasteiger charge is -2.08. The highest BCUT2D eigenvalue weighted by Crippen LogP contribution is 2.19. The van der Waals surface area contributed by atoms with E-state index < -0.39 is 15.0 Å². The number of hydrogen-bond donors (Lipinski definition) is 3. The highest BCUT2D eigenvalue weighted by atomic mass is 32.2. The fraction of sp³-hybridized carbons (Fsp3) is 0.0769. The van der Waals surface area contributed by atoms with Gasteiger partial charge in [-0.3, -0.25) is 19.5 Å². The van der Waals surface area contributed by atoms with Crippen LogP contribution in [0.15, 0.2) is 102 Å². The standard InChI is InChI=1S/C19H16N4O3.C7H8O3S/c1-22-12-10-17(11-13-22)20-15-4-6-16(7-5-15)21-19(24)14-2-8-18(9-3-14)23(25)26;1-6-2-4-7(5-3-6)11(8,9)10/h2-13H,1H3,(H,21,24);2-5H,1H3,(H,8,9,10)/p+1. The molecular weight excluding hydrogens is 496 g/mol. The van der Waals surface area contributed by atoms with Crippen molar-refractivity contribution in [2.24, 2.45) is 7.05 Å². The van der Waals surface area contributed by atoms with Gasteiger partial charge in [-0.15, -0.1) is 0 Å².